The van der Waals surface area contributed by atoms with Crippen molar-refractivity contribution in [3.05, 3.63) is 52.5 Å². The Hall–Kier alpha value is -3.60. The van der Waals surface area contributed by atoms with E-state index in [2.05, 4.69) is 26.2 Å². The Labute approximate surface area is 210 Å². The van der Waals surface area contributed by atoms with Gasteiger partial charge in [-0.05, 0) is 37.3 Å². The molecule has 1 unspecified atom stereocenters. The molecule has 1 N–H and O–H groups in total. The maximum Gasteiger partial charge on any atom is 0.295 e. The van der Waals surface area contributed by atoms with Gasteiger partial charge >= 0.3 is 0 Å². The average Bonchev–Trinajstić information content (AvgIpc) is 3.16. The molecular weight excluding hydrogens is 520 g/mol. The van der Waals surface area contributed by atoms with Gasteiger partial charge < -0.3 is 29.0 Å². The molecule has 3 aromatic rings. The van der Waals surface area contributed by atoms with Crippen molar-refractivity contribution >= 4 is 44.6 Å². The van der Waals surface area contributed by atoms with Crippen LogP contribution in [0.15, 0.2) is 45.4 Å². The van der Waals surface area contributed by atoms with Crippen LogP contribution in [0.4, 0.5) is 0 Å². The predicted octanol–water partition coefficient (Wildman–Crippen LogP) is 2.60. The number of carbonyl (C=O) groups is 3. The third-order valence-corrected chi connectivity index (χ3v) is 6.40. The summed E-state index contributed by atoms with van der Waals surface area (Å²) in [6.45, 7) is 1.08. The first-order chi connectivity index (χ1) is 16.7. The fourth-order valence-electron chi connectivity index (χ4n) is 3.78. The van der Waals surface area contributed by atoms with E-state index in [1.54, 1.807) is 57.5 Å². The molecular formula is C24H25BrN4O6. The Morgan fingerprint density at radius 3 is 2.80 bits per heavy atom. The zero-order valence-corrected chi connectivity index (χ0v) is 21.3. The zero-order chi connectivity index (χ0) is 25.3. The Kier molecular flexibility index (Phi) is 6.70. The van der Waals surface area contributed by atoms with E-state index in [1.165, 1.54) is 16.9 Å². The van der Waals surface area contributed by atoms with Crippen molar-refractivity contribution in [2.24, 2.45) is 0 Å². The van der Waals surface area contributed by atoms with Crippen molar-refractivity contribution in [2.75, 3.05) is 34.4 Å². The van der Waals surface area contributed by atoms with Gasteiger partial charge in [0, 0.05) is 24.8 Å². The number of nitrogens with one attached hydrogen (secondary N) is 1. The largest absolute Gasteiger partial charge is 0.495 e. The number of benzene rings is 1. The lowest BCUT2D eigenvalue weighted by Crippen LogP contribution is -2.62. The topological polar surface area (TPSA) is 114 Å². The summed E-state index contributed by atoms with van der Waals surface area (Å²) >= 11 is 3.39. The number of pyridine rings is 1. The van der Waals surface area contributed by atoms with Crippen LogP contribution >= 0.6 is 15.9 Å². The first-order valence-electron chi connectivity index (χ1n) is 10.8. The molecule has 35 heavy (non-hydrogen) atoms. The van der Waals surface area contributed by atoms with E-state index in [4.69, 9.17) is 13.9 Å². The summed E-state index contributed by atoms with van der Waals surface area (Å²) in [6, 6.07) is 8.75. The molecule has 0 saturated carbocycles. The van der Waals surface area contributed by atoms with Crippen molar-refractivity contribution in [1.29, 1.82) is 0 Å². The number of carbonyl (C=O) groups excluding carboxylic acids is 3. The molecule has 1 aliphatic heterocycles. The Bertz CT molecular complexity index is 1310. The summed E-state index contributed by atoms with van der Waals surface area (Å²) in [7, 11) is 4.67. The van der Waals surface area contributed by atoms with Gasteiger partial charge in [0.1, 0.15) is 30.2 Å². The second-order valence-corrected chi connectivity index (χ2v) is 9.39. The molecule has 3 heterocycles. The van der Waals surface area contributed by atoms with Crippen LogP contribution in [0, 0.1) is 0 Å². The molecule has 0 fully saturated rings. The number of hydrogen-bond acceptors (Lipinski definition) is 7. The quantitative estimate of drug-likeness (QED) is 0.507. The highest BCUT2D eigenvalue weighted by Crippen LogP contribution is 2.39. The van der Waals surface area contributed by atoms with E-state index in [1.807, 2.05) is 0 Å². The van der Waals surface area contributed by atoms with Gasteiger partial charge in [0.2, 0.25) is 17.6 Å². The summed E-state index contributed by atoms with van der Waals surface area (Å²) in [5.74, 6) is -0.792. The lowest BCUT2D eigenvalue weighted by atomic mass is 9.99. The molecule has 0 saturated heterocycles. The monoisotopic (exact) mass is 544 g/mol. The number of furan rings is 1. The van der Waals surface area contributed by atoms with E-state index >= 15 is 0 Å². The number of amides is 3. The average molecular weight is 545 g/mol. The molecule has 184 valence electrons. The number of likely N-dealkylation sites (N-methyl/N-ethyl adjacent to an activating group) is 1. The summed E-state index contributed by atoms with van der Waals surface area (Å²) in [6.07, 6.45) is 1.59. The molecule has 0 radical (unpaired) electrons. The fraction of sp³-hybridized carbons (Fsp3) is 0.333. The summed E-state index contributed by atoms with van der Waals surface area (Å²) in [5, 5.41) is 3.41. The Balaban J connectivity index is 1.70. The highest BCUT2D eigenvalue weighted by molar-refractivity contribution is 9.10. The molecule has 10 nitrogen and oxygen atoms in total. The minimum Gasteiger partial charge on any atom is -0.495 e. The normalized spacial score (nSPS) is 17.4. The van der Waals surface area contributed by atoms with Crippen LogP contribution in [0.1, 0.15) is 23.2 Å². The first-order valence-corrected chi connectivity index (χ1v) is 11.6. The van der Waals surface area contributed by atoms with Crippen LogP contribution in [-0.4, -0.2) is 72.4 Å². The van der Waals surface area contributed by atoms with Crippen molar-refractivity contribution in [3.63, 3.8) is 0 Å². The second-order valence-electron chi connectivity index (χ2n) is 8.48. The van der Waals surface area contributed by atoms with Gasteiger partial charge in [0.15, 0.2) is 11.3 Å². The van der Waals surface area contributed by atoms with Gasteiger partial charge in [-0.25, -0.2) is 0 Å². The number of hydrogen-bond donors (Lipinski definition) is 1. The lowest BCUT2D eigenvalue weighted by Gasteiger charge is -2.37. The second kappa shape index (κ2) is 9.57. The highest BCUT2D eigenvalue weighted by Gasteiger charge is 2.48. The Morgan fingerprint density at radius 2 is 2.09 bits per heavy atom. The summed E-state index contributed by atoms with van der Waals surface area (Å²) in [4.78, 5) is 46.7. The lowest BCUT2D eigenvalue weighted by molar-refractivity contribution is -0.137. The molecule has 0 aliphatic carbocycles. The third kappa shape index (κ3) is 4.55. The summed E-state index contributed by atoms with van der Waals surface area (Å²) < 4.78 is 17.9. The summed E-state index contributed by atoms with van der Waals surface area (Å²) in [5.41, 5.74) is -0.548. The number of nitrogens with zero attached hydrogens (tertiary/aromatic N) is 3. The molecule has 1 aromatic carbocycles. The van der Waals surface area contributed by atoms with Crippen molar-refractivity contribution in [1.82, 2.24) is 20.1 Å². The molecule has 4 rings (SSSR count). The molecule has 0 bridgehead atoms. The van der Waals surface area contributed by atoms with E-state index < -0.39 is 17.4 Å². The minimum absolute atomic E-state index is 0.0581. The number of aromatic nitrogens is 1. The van der Waals surface area contributed by atoms with Crippen LogP contribution in [-0.2, 0) is 16.1 Å². The standard InChI is InChI=1S/C24H25BrN4O6/c1-24(23(32)27-11-16-17(33-4)6-5-9-26-16)13-34-20-15-8-7-14(25)10-18(15)35-21(20)22(31)29(24)12-19(30)28(2)3/h5-10H,11-13H2,1-4H3,(H,27,32). The van der Waals surface area contributed by atoms with E-state index in [9.17, 15) is 14.4 Å². The van der Waals surface area contributed by atoms with E-state index in [-0.39, 0.29) is 37.1 Å². The molecule has 0 spiro atoms. The van der Waals surface area contributed by atoms with Crippen LogP contribution in [0.5, 0.6) is 11.5 Å². The fourth-order valence-corrected chi connectivity index (χ4v) is 4.12. The van der Waals surface area contributed by atoms with Crippen LogP contribution < -0.4 is 14.8 Å². The maximum absolute atomic E-state index is 13.7. The van der Waals surface area contributed by atoms with Crippen molar-refractivity contribution in [2.45, 2.75) is 19.0 Å². The van der Waals surface area contributed by atoms with Gasteiger partial charge in [-0.1, -0.05) is 15.9 Å². The molecule has 11 heteroatoms. The molecule has 1 atom stereocenters. The maximum atomic E-state index is 13.7. The zero-order valence-electron chi connectivity index (χ0n) is 19.8. The molecule has 3 amide bonds. The molecule has 2 aromatic heterocycles. The van der Waals surface area contributed by atoms with Gasteiger partial charge in [-0.15, -0.1) is 0 Å². The van der Waals surface area contributed by atoms with Gasteiger partial charge in [0.05, 0.1) is 19.0 Å². The van der Waals surface area contributed by atoms with Gasteiger partial charge in [-0.2, -0.15) is 0 Å². The predicted molar refractivity (Wildman–Crippen MR) is 130 cm³/mol. The highest BCUT2D eigenvalue weighted by atomic mass is 79.9. The van der Waals surface area contributed by atoms with Crippen LogP contribution in [0.3, 0.4) is 0 Å². The first kappa shape index (κ1) is 24.5. The minimum atomic E-state index is -1.52. The van der Waals surface area contributed by atoms with Gasteiger partial charge in [-0.3, -0.25) is 19.4 Å². The number of rotatable bonds is 6. The van der Waals surface area contributed by atoms with Crippen LogP contribution in [0.25, 0.3) is 11.0 Å². The van der Waals surface area contributed by atoms with E-state index in [0.717, 1.165) is 4.47 Å². The van der Waals surface area contributed by atoms with Crippen LogP contribution in [0.2, 0.25) is 0 Å². The SMILES string of the molecule is COc1cccnc1CNC(=O)C1(C)COc2c(oc3cc(Br)ccc23)C(=O)N1CC(=O)N(C)C. The van der Waals surface area contributed by atoms with E-state index in [0.29, 0.717) is 22.4 Å². The Morgan fingerprint density at radius 1 is 1.31 bits per heavy atom. The number of halogens is 1. The molecule has 1 aliphatic rings. The van der Waals surface area contributed by atoms with Gasteiger partial charge in [0.25, 0.3) is 5.91 Å². The van der Waals surface area contributed by atoms with Crippen molar-refractivity contribution < 1.29 is 28.3 Å². The van der Waals surface area contributed by atoms with Crippen molar-refractivity contribution in [3.8, 4) is 11.5 Å². The number of methoxy groups -OCH3 is 1. The third-order valence-electron chi connectivity index (χ3n) is 5.91. The number of ether oxygens (including phenoxy) is 2. The smallest absolute Gasteiger partial charge is 0.295 e. The number of fused-ring (bicyclic) bond motifs is 3.